The highest BCUT2D eigenvalue weighted by molar-refractivity contribution is 9.09. The first-order chi connectivity index (χ1) is 7.01. The Balaban J connectivity index is 2.73. The van der Waals surface area contributed by atoms with Crippen LogP contribution in [0, 0.1) is 11.8 Å². The summed E-state index contributed by atoms with van der Waals surface area (Å²) in [5.74, 6) is 5.24. The van der Waals surface area contributed by atoms with E-state index in [0.29, 0.717) is 10.9 Å². The smallest absolute Gasteiger partial charge is 0.406 e. The maximum Gasteiger partial charge on any atom is 0.573 e. The van der Waals surface area contributed by atoms with Gasteiger partial charge in [-0.3, -0.25) is 0 Å². The van der Waals surface area contributed by atoms with Crippen LogP contribution in [0.4, 0.5) is 13.2 Å². The predicted octanol–water partition coefficient (Wildman–Crippen LogP) is 3.33. The van der Waals surface area contributed by atoms with E-state index in [0.717, 1.165) is 0 Å². The molecule has 0 aliphatic rings. The van der Waals surface area contributed by atoms with Crippen LogP contribution in [-0.4, -0.2) is 11.7 Å². The summed E-state index contributed by atoms with van der Waals surface area (Å²) in [5.41, 5.74) is 0.643. The van der Waals surface area contributed by atoms with Crippen LogP contribution in [0.1, 0.15) is 5.56 Å². The SMILES string of the molecule is FC(F)(F)Oc1ccc(C#CCBr)cc1. The third kappa shape index (κ3) is 4.75. The van der Waals surface area contributed by atoms with Gasteiger partial charge in [0, 0.05) is 5.56 Å². The van der Waals surface area contributed by atoms with Gasteiger partial charge in [0.2, 0.25) is 0 Å². The molecular formula is C10H6BrF3O. The summed E-state index contributed by atoms with van der Waals surface area (Å²) in [6, 6.07) is 5.39. The molecule has 1 nitrogen and oxygen atoms in total. The molecule has 0 saturated carbocycles. The Hall–Kier alpha value is -1.15. The van der Waals surface area contributed by atoms with E-state index in [2.05, 4.69) is 32.5 Å². The van der Waals surface area contributed by atoms with Crippen molar-refractivity contribution in [3.05, 3.63) is 29.8 Å². The number of rotatable bonds is 1. The molecule has 0 unspecified atom stereocenters. The van der Waals surface area contributed by atoms with Crippen molar-refractivity contribution in [2.24, 2.45) is 0 Å². The molecule has 0 spiro atoms. The fourth-order valence-electron chi connectivity index (χ4n) is 0.875. The van der Waals surface area contributed by atoms with Gasteiger partial charge in [-0.05, 0) is 24.3 Å². The minimum atomic E-state index is -4.65. The lowest BCUT2D eigenvalue weighted by molar-refractivity contribution is -0.274. The summed E-state index contributed by atoms with van der Waals surface area (Å²) in [6.45, 7) is 0. The molecule has 15 heavy (non-hydrogen) atoms. The second-order valence-corrected chi connectivity index (χ2v) is 3.07. The molecule has 0 bridgehead atoms. The topological polar surface area (TPSA) is 9.23 Å². The Morgan fingerprint density at radius 3 is 2.27 bits per heavy atom. The summed E-state index contributed by atoms with van der Waals surface area (Å²) in [6.07, 6.45) is -4.65. The van der Waals surface area contributed by atoms with E-state index in [1.54, 1.807) is 0 Å². The van der Waals surface area contributed by atoms with Gasteiger partial charge in [-0.2, -0.15) is 0 Å². The molecule has 0 fully saturated rings. The maximum atomic E-state index is 11.8. The molecule has 0 N–H and O–H groups in total. The molecule has 1 aromatic carbocycles. The zero-order valence-electron chi connectivity index (χ0n) is 7.44. The van der Waals surface area contributed by atoms with E-state index >= 15 is 0 Å². The Morgan fingerprint density at radius 1 is 1.20 bits per heavy atom. The first kappa shape index (κ1) is 11.9. The normalized spacial score (nSPS) is 10.4. The molecule has 0 amide bonds. The van der Waals surface area contributed by atoms with Gasteiger partial charge in [0.05, 0.1) is 5.33 Å². The van der Waals surface area contributed by atoms with Gasteiger partial charge in [0.1, 0.15) is 5.75 Å². The second kappa shape index (κ2) is 5.08. The molecule has 0 saturated heterocycles. The second-order valence-electron chi connectivity index (χ2n) is 2.51. The van der Waals surface area contributed by atoms with Crippen molar-refractivity contribution >= 4 is 15.9 Å². The van der Waals surface area contributed by atoms with Crippen molar-refractivity contribution in [2.45, 2.75) is 6.36 Å². The average molecular weight is 279 g/mol. The molecule has 0 aliphatic carbocycles. The zero-order valence-corrected chi connectivity index (χ0v) is 9.02. The molecule has 0 heterocycles. The van der Waals surface area contributed by atoms with Crippen molar-refractivity contribution in [1.29, 1.82) is 0 Å². The minimum Gasteiger partial charge on any atom is -0.406 e. The molecule has 5 heteroatoms. The van der Waals surface area contributed by atoms with Gasteiger partial charge in [-0.25, -0.2) is 0 Å². The Labute approximate surface area is 93.4 Å². The van der Waals surface area contributed by atoms with E-state index in [9.17, 15) is 13.2 Å². The lowest BCUT2D eigenvalue weighted by atomic mass is 10.2. The highest BCUT2D eigenvalue weighted by Crippen LogP contribution is 2.22. The summed E-state index contributed by atoms with van der Waals surface area (Å²) in [5, 5.41) is 0.522. The predicted molar refractivity (Wildman–Crippen MR) is 53.8 cm³/mol. The van der Waals surface area contributed by atoms with Crippen LogP contribution in [0.25, 0.3) is 0 Å². The van der Waals surface area contributed by atoms with Gasteiger partial charge >= 0.3 is 6.36 Å². The molecule has 80 valence electrons. The maximum absolute atomic E-state index is 11.8. The molecule has 1 aromatic rings. The van der Waals surface area contributed by atoms with Gasteiger partial charge in [-0.1, -0.05) is 27.8 Å². The van der Waals surface area contributed by atoms with E-state index in [1.165, 1.54) is 24.3 Å². The molecular weight excluding hydrogens is 273 g/mol. The molecule has 0 aromatic heterocycles. The number of halogens is 4. The number of hydrogen-bond acceptors (Lipinski definition) is 1. The van der Waals surface area contributed by atoms with Crippen LogP contribution in [0.15, 0.2) is 24.3 Å². The van der Waals surface area contributed by atoms with E-state index in [-0.39, 0.29) is 5.75 Å². The van der Waals surface area contributed by atoms with Crippen LogP contribution < -0.4 is 4.74 Å². The van der Waals surface area contributed by atoms with Crippen LogP contribution >= 0.6 is 15.9 Å². The van der Waals surface area contributed by atoms with Crippen molar-refractivity contribution in [1.82, 2.24) is 0 Å². The standard InChI is InChI=1S/C10H6BrF3O/c11-7-1-2-8-3-5-9(6-4-8)15-10(12,13)14/h3-6H,7H2. The largest absolute Gasteiger partial charge is 0.573 e. The van der Waals surface area contributed by atoms with Crippen LogP contribution in [0.3, 0.4) is 0 Å². The van der Waals surface area contributed by atoms with Crippen molar-refractivity contribution in [2.75, 3.05) is 5.33 Å². The highest BCUT2D eigenvalue weighted by Gasteiger charge is 2.30. The molecule has 1 rings (SSSR count). The van der Waals surface area contributed by atoms with E-state index < -0.39 is 6.36 Å². The third-order valence-electron chi connectivity index (χ3n) is 1.39. The van der Waals surface area contributed by atoms with Crippen molar-refractivity contribution < 1.29 is 17.9 Å². The fraction of sp³-hybridized carbons (Fsp3) is 0.200. The number of hydrogen-bond donors (Lipinski definition) is 0. The molecule has 0 radical (unpaired) electrons. The monoisotopic (exact) mass is 278 g/mol. The highest BCUT2D eigenvalue weighted by atomic mass is 79.9. The van der Waals surface area contributed by atoms with Crippen molar-refractivity contribution in [3.63, 3.8) is 0 Å². The van der Waals surface area contributed by atoms with Gasteiger partial charge in [0.15, 0.2) is 0 Å². The van der Waals surface area contributed by atoms with E-state index in [4.69, 9.17) is 0 Å². The Bertz CT molecular complexity index is 372. The van der Waals surface area contributed by atoms with Crippen LogP contribution in [-0.2, 0) is 0 Å². The minimum absolute atomic E-state index is 0.244. The summed E-state index contributed by atoms with van der Waals surface area (Å²) in [4.78, 5) is 0. The number of alkyl halides is 4. The third-order valence-corrected chi connectivity index (χ3v) is 1.67. The average Bonchev–Trinajstić information content (AvgIpc) is 2.14. The summed E-state index contributed by atoms with van der Waals surface area (Å²) < 4.78 is 39.1. The fourth-order valence-corrected chi connectivity index (χ4v) is 1.02. The Kier molecular flexibility index (Phi) is 4.04. The van der Waals surface area contributed by atoms with Gasteiger partial charge in [-0.15, -0.1) is 13.2 Å². The first-order valence-electron chi connectivity index (χ1n) is 3.92. The summed E-state index contributed by atoms with van der Waals surface area (Å²) >= 11 is 3.11. The zero-order chi connectivity index (χ0) is 11.3. The molecule has 0 aliphatic heterocycles. The lowest BCUT2D eigenvalue weighted by Gasteiger charge is -2.07. The first-order valence-corrected chi connectivity index (χ1v) is 5.04. The lowest BCUT2D eigenvalue weighted by Crippen LogP contribution is -2.16. The molecule has 0 atom stereocenters. The van der Waals surface area contributed by atoms with Gasteiger partial charge < -0.3 is 4.74 Å². The van der Waals surface area contributed by atoms with Gasteiger partial charge in [0.25, 0.3) is 0 Å². The van der Waals surface area contributed by atoms with Crippen LogP contribution in [0.2, 0.25) is 0 Å². The number of ether oxygens (including phenoxy) is 1. The van der Waals surface area contributed by atoms with Crippen molar-refractivity contribution in [3.8, 4) is 17.6 Å². The number of benzene rings is 1. The quantitative estimate of drug-likeness (QED) is 0.566. The summed E-state index contributed by atoms with van der Waals surface area (Å²) in [7, 11) is 0. The Morgan fingerprint density at radius 2 is 1.80 bits per heavy atom. The van der Waals surface area contributed by atoms with E-state index in [1.807, 2.05) is 0 Å². The van der Waals surface area contributed by atoms with Crippen LogP contribution in [0.5, 0.6) is 5.75 Å².